The Morgan fingerprint density at radius 2 is 0.987 bits per heavy atom. The van der Waals surface area contributed by atoms with E-state index >= 15 is 0 Å². The van der Waals surface area contributed by atoms with Gasteiger partial charge in [0.05, 0.1) is 16.1 Å². The highest BCUT2D eigenvalue weighted by atomic mass is 32.2. The van der Waals surface area contributed by atoms with E-state index in [1.54, 1.807) is 9.80 Å². The molecule has 78 heavy (non-hydrogen) atoms. The lowest BCUT2D eigenvalue weighted by Gasteiger charge is -2.33. The van der Waals surface area contributed by atoms with Crippen LogP contribution in [-0.4, -0.2) is 121 Å². The number of nitrogens with two attached hydrogens (primary N) is 1. The van der Waals surface area contributed by atoms with Crippen LogP contribution in [-0.2, 0) is 30.5 Å². The van der Waals surface area contributed by atoms with Gasteiger partial charge < -0.3 is 46.3 Å². The molecule has 0 radical (unpaired) electrons. The van der Waals surface area contributed by atoms with Gasteiger partial charge in [-0.1, -0.05) is 6.07 Å². The van der Waals surface area contributed by atoms with Gasteiger partial charge in [0.25, 0.3) is 0 Å². The Morgan fingerprint density at radius 3 is 1.37 bits per heavy atom. The zero-order valence-corrected chi connectivity index (χ0v) is 45.0. The molecule has 6 N–H and O–H groups in total. The fourth-order valence-electron chi connectivity index (χ4n) is 7.50. The largest absolute Gasteiger partial charge is 0.444 e. The van der Waals surface area contributed by atoms with E-state index in [9.17, 15) is 58.7 Å². The molecule has 3 heterocycles. The zero-order chi connectivity index (χ0) is 57.8. The Labute approximate surface area is 450 Å². The molecule has 3 fully saturated rings. The molecule has 0 saturated carbocycles. The van der Waals surface area contributed by atoms with Gasteiger partial charge >= 0.3 is 30.4 Å². The number of likely N-dealkylation sites (tertiary alicyclic amines) is 2. The van der Waals surface area contributed by atoms with Crippen molar-refractivity contribution >= 4 is 57.4 Å². The number of amides is 6. The standard InChI is InChI=1S/C19H19F4N3O3S.C17H24FN3O3.C10H20N2O2.C7H4FNO/c20-14-4-6-15(7-5-14)24-18(27)25-16-8-10-26(11-9-16)30(28,29)17-3-1-2-13(12-17)19(21,22)23;1-17(2,3)24-16(23)21-10-8-14(9-11-21)20-15(22)19-13-6-4-12(18)5-7-13;1-10(2,3)14-9(13)12-6-4-8(11)5-7-12;8-6-1-3-7(4-2-6)9-5-10/h1-7,12,16H,8-11H2,(H2,24,25,27);4-7,14H,8-11H2,1-3H3,(H2,19,20,22);8H,4-7,11H2,1-3H3;1-4H. The highest BCUT2D eigenvalue weighted by molar-refractivity contribution is 7.89. The lowest BCUT2D eigenvalue weighted by atomic mass is 10.1. The number of anilines is 2. The van der Waals surface area contributed by atoms with Crippen molar-refractivity contribution in [1.29, 1.82) is 0 Å². The summed E-state index contributed by atoms with van der Waals surface area (Å²) in [7, 11) is -4.08. The molecular formula is C53H67F6N9O9S. The van der Waals surface area contributed by atoms with Crippen molar-refractivity contribution < 1.29 is 68.2 Å². The second-order valence-corrected chi connectivity index (χ2v) is 22.1. The van der Waals surface area contributed by atoms with Crippen LogP contribution in [0.2, 0.25) is 0 Å². The van der Waals surface area contributed by atoms with Crippen LogP contribution >= 0.6 is 0 Å². The number of hydrogen-bond donors (Lipinski definition) is 5. The van der Waals surface area contributed by atoms with E-state index in [0.717, 1.165) is 48.4 Å². The first-order valence-electron chi connectivity index (χ1n) is 24.9. The van der Waals surface area contributed by atoms with E-state index in [1.807, 2.05) is 41.5 Å². The molecule has 0 aromatic heterocycles. The minimum absolute atomic E-state index is 0.0101. The Hall–Kier alpha value is -7.21. The van der Waals surface area contributed by atoms with Crippen LogP contribution in [0.15, 0.2) is 107 Å². The highest BCUT2D eigenvalue weighted by Crippen LogP contribution is 2.32. The molecule has 0 aliphatic carbocycles. The van der Waals surface area contributed by atoms with Gasteiger partial charge in [-0.25, -0.2) is 45.6 Å². The van der Waals surface area contributed by atoms with Crippen LogP contribution in [0.3, 0.4) is 0 Å². The van der Waals surface area contributed by atoms with Crippen molar-refractivity contribution in [1.82, 2.24) is 24.7 Å². The molecule has 3 aliphatic heterocycles. The maximum Gasteiger partial charge on any atom is 0.416 e. The second kappa shape index (κ2) is 29.0. The number of piperidine rings is 3. The van der Waals surface area contributed by atoms with Gasteiger partial charge in [0.2, 0.25) is 16.1 Å². The molecule has 3 aliphatic rings. The summed E-state index contributed by atoms with van der Waals surface area (Å²) < 4.78 is 114. The quantitative estimate of drug-likeness (QED) is 0.0667. The third-order valence-corrected chi connectivity index (χ3v) is 13.4. The third-order valence-electron chi connectivity index (χ3n) is 11.5. The van der Waals surface area contributed by atoms with Crippen LogP contribution < -0.4 is 27.0 Å². The maximum absolute atomic E-state index is 12.9. The van der Waals surface area contributed by atoms with Gasteiger partial charge in [-0.2, -0.15) is 22.5 Å². The average molecular weight is 1120 g/mol. The lowest BCUT2D eigenvalue weighted by molar-refractivity contribution is -0.137. The predicted molar refractivity (Wildman–Crippen MR) is 280 cm³/mol. The Balaban J connectivity index is 0.000000242. The van der Waals surface area contributed by atoms with Gasteiger partial charge in [-0.3, -0.25) is 0 Å². The number of rotatable bonds is 7. The van der Waals surface area contributed by atoms with Crippen molar-refractivity contribution in [3.63, 3.8) is 0 Å². The molecule has 18 nitrogen and oxygen atoms in total. The number of nitrogens with one attached hydrogen (secondary N) is 4. The molecule has 4 aromatic carbocycles. The Kier molecular flexibility index (Phi) is 23.5. The predicted octanol–water partition coefficient (Wildman–Crippen LogP) is 10.3. The van der Waals surface area contributed by atoms with E-state index in [2.05, 4.69) is 26.3 Å². The van der Waals surface area contributed by atoms with Crippen molar-refractivity contribution in [2.24, 2.45) is 10.7 Å². The first-order valence-corrected chi connectivity index (χ1v) is 26.3. The number of nitrogens with zero attached hydrogens (tertiary/aromatic N) is 4. The number of sulfonamides is 1. The van der Waals surface area contributed by atoms with Crippen molar-refractivity contribution in [3.05, 3.63) is 120 Å². The van der Waals surface area contributed by atoms with Gasteiger partial charge in [0.15, 0.2) is 0 Å². The summed E-state index contributed by atoms with van der Waals surface area (Å²) in [5.41, 5.74) is 5.14. The number of ether oxygens (including phenoxy) is 2. The monoisotopic (exact) mass is 1120 g/mol. The number of urea groups is 2. The van der Waals surface area contributed by atoms with E-state index in [4.69, 9.17) is 15.2 Å². The number of aliphatic imine (C=N–C) groups is 1. The topological polar surface area (TPSA) is 234 Å². The molecule has 0 atom stereocenters. The summed E-state index contributed by atoms with van der Waals surface area (Å²) in [5.74, 6) is -1.13. The summed E-state index contributed by atoms with van der Waals surface area (Å²) in [5, 5.41) is 10.8. The smallest absolute Gasteiger partial charge is 0.416 e. The van der Waals surface area contributed by atoms with E-state index in [0.29, 0.717) is 61.9 Å². The van der Waals surface area contributed by atoms with Crippen molar-refractivity contribution in [2.75, 3.05) is 49.9 Å². The summed E-state index contributed by atoms with van der Waals surface area (Å²) in [6.07, 6.45) is -0.148. The normalized spacial score (nSPS) is 15.7. The fraction of sp³-hybridized carbons (Fsp3) is 0.453. The van der Waals surface area contributed by atoms with E-state index in [-0.39, 0.29) is 61.1 Å². The first kappa shape index (κ1) is 63.3. The van der Waals surface area contributed by atoms with Crippen molar-refractivity contribution in [3.8, 4) is 0 Å². The van der Waals surface area contributed by atoms with Gasteiger partial charge in [-0.15, -0.1) is 0 Å². The van der Waals surface area contributed by atoms with Crippen LogP contribution in [0.25, 0.3) is 0 Å². The van der Waals surface area contributed by atoms with Crippen LogP contribution in [0.1, 0.15) is 85.6 Å². The Morgan fingerprint density at radius 1 is 0.603 bits per heavy atom. The SMILES string of the molecule is CC(C)(C)OC(=O)N1CCC(N)CC1.CC(C)(C)OC(=O)N1CCC(NC(=O)Nc2ccc(F)cc2)CC1.O=C(Nc1ccc(F)cc1)NC1CCN(S(=O)(=O)c2cccc(C(F)(F)F)c2)CC1.O=C=Nc1ccc(F)cc1. The first-order chi connectivity index (χ1) is 36.5. The highest BCUT2D eigenvalue weighted by Gasteiger charge is 2.35. The molecule has 6 amide bonds. The number of carbonyl (C=O) groups is 4. The van der Waals surface area contributed by atoms with E-state index < -0.39 is 49.7 Å². The molecule has 25 heteroatoms. The maximum atomic E-state index is 12.9. The number of halogens is 6. The fourth-order valence-corrected chi connectivity index (χ4v) is 9.02. The number of isocyanates is 1. The average Bonchev–Trinajstić information content (AvgIpc) is 3.38. The molecule has 426 valence electrons. The molecule has 7 rings (SSSR count). The zero-order valence-electron chi connectivity index (χ0n) is 44.2. The molecular weight excluding hydrogens is 1050 g/mol. The van der Waals surface area contributed by atoms with Gasteiger partial charge in [0.1, 0.15) is 28.7 Å². The summed E-state index contributed by atoms with van der Waals surface area (Å²) >= 11 is 0. The molecule has 0 unspecified atom stereocenters. The third kappa shape index (κ3) is 22.8. The van der Waals surface area contributed by atoms with Crippen LogP contribution in [0.4, 0.5) is 62.6 Å². The van der Waals surface area contributed by atoms with Crippen molar-refractivity contribution in [2.45, 2.75) is 120 Å². The summed E-state index contributed by atoms with van der Waals surface area (Å²) in [6.45, 7) is 13.7. The molecule has 0 spiro atoms. The van der Waals surface area contributed by atoms with Gasteiger partial charge in [-0.05, 0) is 171 Å². The minimum Gasteiger partial charge on any atom is -0.444 e. The minimum atomic E-state index is -4.64. The lowest BCUT2D eigenvalue weighted by Crippen LogP contribution is -2.48. The van der Waals surface area contributed by atoms with Crippen LogP contribution in [0.5, 0.6) is 0 Å². The van der Waals surface area contributed by atoms with Gasteiger partial charge in [0, 0.05) is 68.8 Å². The second-order valence-electron chi connectivity index (χ2n) is 20.1. The van der Waals surface area contributed by atoms with E-state index in [1.165, 1.54) is 78.9 Å². The summed E-state index contributed by atoms with van der Waals surface area (Å²) in [6, 6.07) is 18.8. The molecule has 4 aromatic rings. The molecule has 3 saturated heterocycles. The number of alkyl halides is 3. The number of benzene rings is 4. The Bertz CT molecular complexity index is 2730. The van der Waals surface area contributed by atoms with Crippen LogP contribution in [0, 0.1) is 17.5 Å². The number of carbonyl (C=O) groups excluding carboxylic acids is 5. The summed E-state index contributed by atoms with van der Waals surface area (Å²) in [4.78, 5) is 63.5. The molecule has 0 bridgehead atoms. The number of hydrogen-bond acceptors (Lipinski definition) is 11.